The van der Waals surface area contributed by atoms with Crippen molar-refractivity contribution in [3.8, 4) is 16.9 Å². The molecule has 3 heteroatoms. The van der Waals surface area contributed by atoms with Crippen LogP contribution in [-0.2, 0) is 0 Å². The van der Waals surface area contributed by atoms with Gasteiger partial charge in [0.2, 0.25) is 0 Å². The number of ether oxygens (including phenoxy) is 1. The number of halogens is 2. The smallest absolute Gasteiger partial charge is 0.134 e. The van der Waals surface area contributed by atoms with Gasteiger partial charge in [0.25, 0.3) is 0 Å². The predicted octanol–water partition coefficient (Wildman–Crippen LogP) is 4.11. The maximum absolute atomic E-state index is 13.8. The number of hydrogen-bond donors (Lipinski definition) is 0. The van der Waals surface area contributed by atoms with Crippen LogP contribution in [0.4, 0.5) is 4.39 Å². The fourth-order valence-corrected chi connectivity index (χ4v) is 2.20. The highest BCUT2D eigenvalue weighted by molar-refractivity contribution is 14.1. The van der Waals surface area contributed by atoms with Crippen LogP contribution in [0.3, 0.4) is 0 Å². The van der Waals surface area contributed by atoms with Crippen LogP contribution in [0.2, 0.25) is 0 Å². The first-order chi connectivity index (χ1) is 7.72. The van der Waals surface area contributed by atoms with Crippen molar-refractivity contribution in [1.29, 1.82) is 0 Å². The average Bonchev–Trinajstić information content (AvgIpc) is 2.30. The zero-order chi connectivity index (χ0) is 11.5. The van der Waals surface area contributed by atoms with Crippen LogP contribution in [-0.4, -0.2) is 7.11 Å². The van der Waals surface area contributed by atoms with E-state index in [9.17, 15) is 4.39 Å². The van der Waals surface area contributed by atoms with Gasteiger partial charge in [-0.15, -0.1) is 0 Å². The van der Waals surface area contributed by atoms with Crippen LogP contribution in [0.1, 0.15) is 0 Å². The lowest BCUT2D eigenvalue weighted by molar-refractivity contribution is 0.411. The Bertz CT molecular complexity index is 511. The molecule has 0 unspecified atom stereocenters. The van der Waals surface area contributed by atoms with Crippen molar-refractivity contribution in [2.75, 3.05) is 7.11 Å². The molecule has 0 spiro atoms. The van der Waals surface area contributed by atoms with E-state index in [1.807, 2.05) is 24.3 Å². The second-order valence-electron chi connectivity index (χ2n) is 3.33. The van der Waals surface area contributed by atoms with E-state index in [2.05, 4.69) is 22.6 Å². The molecule has 16 heavy (non-hydrogen) atoms. The minimum Gasteiger partial charge on any atom is -0.497 e. The summed E-state index contributed by atoms with van der Waals surface area (Å²) in [5.41, 5.74) is 1.51. The summed E-state index contributed by atoms with van der Waals surface area (Å²) < 4.78 is 19.8. The molecule has 0 amide bonds. The van der Waals surface area contributed by atoms with Gasteiger partial charge in [0.15, 0.2) is 0 Å². The molecule has 0 saturated heterocycles. The zero-order valence-corrected chi connectivity index (χ0v) is 10.9. The standard InChI is InChI=1S/C13H10FIO/c1-16-9-6-7-10(12(14)8-9)11-4-2-3-5-13(11)15/h2-8H,1H3. The Kier molecular flexibility index (Phi) is 3.43. The lowest BCUT2D eigenvalue weighted by Gasteiger charge is -2.07. The van der Waals surface area contributed by atoms with Crippen LogP contribution < -0.4 is 4.74 Å². The van der Waals surface area contributed by atoms with E-state index < -0.39 is 0 Å². The van der Waals surface area contributed by atoms with Crippen molar-refractivity contribution in [2.24, 2.45) is 0 Å². The van der Waals surface area contributed by atoms with Gasteiger partial charge in [0.05, 0.1) is 7.11 Å². The number of hydrogen-bond acceptors (Lipinski definition) is 1. The Balaban J connectivity index is 2.53. The summed E-state index contributed by atoms with van der Waals surface area (Å²) in [7, 11) is 1.53. The maximum Gasteiger partial charge on any atom is 0.134 e. The quantitative estimate of drug-likeness (QED) is 0.754. The molecule has 0 saturated carbocycles. The Morgan fingerprint density at radius 2 is 1.81 bits per heavy atom. The molecule has 0 aliphatic rings. The third-order valence-electron chi connectivity index (χ3n) is 2.34. The molecule has 2 aromatic rings. The summed E-state index contributed by atoms with van der Waals surface area (Å²) in [5, 5.41) is 0. The van der Waals surface area contributed by atoms with Crippen LogP contribution in [0.5, 0.6) is 5.75 Å². The number of methoxy groups -OCH3 is 1. The van der Waals surface area contributed by atoms with Crippen molar-refractivity contribution >= 4 is 22.6 Å². The van der Waals surface area contributed by atoms with Gasteiger partial charge >= 0.3 is 0 Å². The molecule has 0 aliphatic heterocycles. The van der Waals surface area contributed by atoms with Crippen LogP contribution in [0.25, 0.3) is 11.1 Å². The molecule has 82 valence electrons. The molecule has 0 fully saturated rings. The average molecular weight is 328 g/mol. The van der Waals surface area contributed by atoms with Crippen LogP contribution in [0.15, 0.2) is 42.5 Å². The fourth-order valence-electron chi connectivity index (χ4n) is 1.52. The topological polar surface area (TPSA) is 9.23 Å². The SMILES string of the molecule is COc1ccc(-c2ccccc2I)c(F)c1. The van der Waals surface area contributed by atoms with Crippen LogP contribution >= 0.6 is 22.6 Å². The van der Waals surface area contributed by atoms with Crippen molar-refractivity contribution < 1.29 is 9.13 Å². The predicted molar refractivity (Wildman–Crippen MR) is 71.1 cm³/mol. The Hall–Kier alpha value is -1.10. The summed E-state index contributed by atoms with van der Waals surface area (Å²) >= 11 is 2.20. The van der Waals surface area contributed by atoms with E-state index in [4.69, 9.17) is 4.74 Å². The molecule has 1 nitrogen and oxygen atoms in total. The van der Waals surface area contributed by atoms with Gasteiger partial charge < -0.3 is 4.74 Å². The normalized spacial score (nSPS) is 10.2. The summed E-state index contributed by atoms with van der Waals surface area (Å²) in [6.45, 7) is 0. The minimum atomic E-state index is -0.261. The second-order valence-corrected chi connectivity index (χ2v) is 4.49. The minimum absolute atomic E-state index is 0.261. The van der Waals surface area contributed by atoms with Gasteiger partial charge in [-0.1, -0.05) is 18.2 Å². The molecule has 2 rings (SSSR count). The van der Waals surface area contributed by atoms with Crippen molar-refractivity contribution in [1.82, 2.24) is 0 Å². The first-order valence-corrected chi connectivity index (χ1v) is 5.88. The van der Waals surface area contributed by atoms with Gasteiger partial charge in [0.1, 0.15) is 11.6 Å². The first kappa shape index (κ1) is 11.4. The molecule has 0 atom stereocenters. The molecule has 0 N–H and O–H groups in total. The van der Waals surface area contributed by atoms with Gasteiger partial charge in [-0.05, 0) is 46.4 Å². The highest BCUT2D eigenvalue weighted by atomic mass is 127. The van der Waals surface area contributed by atoms with E-state index in [1.165, 1.54) is 13.2 Å². The van der Waals surface area contributed by atoms with Gasteiger partial charge in [-0.2, -0.15) is 0 Å². The number of rotatable bonds is 2. The largest absolute Gasteiger partial charge is 0.497 e. The Morgan fingerprint density at radius 1 is 1.06 bits per heavy atom. The van der Waals surface area contributed by atoms with E-state index >= 15 is 0 Å². The van der Waals surface area contributed by atoms with Crippen molar-refractivity contribution in [3.05, 3.63) is 51.9 Å². The summed E-state index contributed by atoms with van der Waals surface area (Å²) in [6.07, 6.45) is 0. The third-order valence-corrected chi connectivity index (χ3v) is 3.28. The Morgan fingerprint density at radius 3 is 2.44 bits per heavy atom. The maximum atomic E-state index is 13.8. The molecule has 0 heterocycles. The zero-order valence-electron chi connectivity index (χ0n) is 8.71. The third kappa shape index (κ3) is 2.19. The van der Waals surface area contributed by atoms with E-state index in [1.54, 1.807) is 12.1 Å². The monoisotopic (exact) mass is 328 g/mol. The van der Waals surface area contributed by atoms with Gasteiger partial charge in [0, 0.05) is 15.2 Å². The van der Waals surface area contributed by atoms with E-state index in [0.29, 0.717) is 11.3 Å². The lowest BCUT2D eigenvalue weighted by atomic mass is 10.1. The van der Waals surface area contributed by atoms with Crippen molar-refractivity contribution in [3.63, 3.8) is 0 Å². The lowest BCUT2D eigenvalue weighted by Crippen LogP contribution is -1.89. The number of benzene rings is 2. The molecule has 0 radical (unpaired) electrons. The summed E-state index contributed by atoms with van der Waals surface area (Å²) in [6, 6.07) is 12.6. The molecular formula is C13H10FIO. The Labute approximate surface area is 107 Å². The van der Waals surface area contributed by atoms with Gasteiger partial charge in [-0.3, -0.25) is 0 Å². The van der Waals surface area contributed by atoms with Gasteiger partial charge in [-0.25, -0.2) is 4.39 Å². The highest BCUT2D eigenvalue weighted by Crippen LogP contribution is 2.29. The highest BCUT2D eigenvalue weighted by Gasteiger charge is 2.08. The van der Waals surface area contributed by atoms with E-state index in [-0.39, 0.29) is 5.82 Å². The van der Waals surface area contributed by atoms with E-state index in [0.717, 1.165) is 9.13 Å². The molecule has 0 aliphatic carbocycles. The first-order valence-electron chi connectivity index (χ1n) is 4.81. The van der Waals surface area contributed by atoms with Crippen molar-refractivity contribution in [2.45, 2.75) is 0 Å². The molecular weight excluding hydrogens is 318 g/mol. The second kappa shape index (κ2) is 4.82. The fraction of sp³-hybridized carbons (Fsp3) is 0.0769. The summed E-state index contributed by atoms with van der Waals surface area (Å²) in [4.78, 5) is 0. The molecule has 0 bridgehead atoms. The molecule has 2 aromatic carbocycles. The summed E-state index contributed by atoms with van der Waals surface area (Å²) in [5.74, 6) is 0.274. The molecule has 0 aromatic heterocycles. The van der Waals surface area contributed by atoms with Crippen LogP contribution in [0, 0.1) is 9.39 Å².